The number of carbonyl (C=O) groups is 2. The van der Waals surface area contributed by atoms with Crippen LogP contribution in [0.4, 0.5) is 0 Å². The molecule has 0 saturated heterocycles. The first-order chi connectivity index (χ1) is 13.6. The van der Waals surface area contributed by atoms with Gasteiger partial charge in [-0.05, 0) is 80.5 Å². The van der Waals surface area contributed by atoms with Gasteiger partial charge in [-0.1, -0.05) is 31.9 Å². The predicted octanol–water partition coefficient (Wildman–Crippen LogP) is 4.30. The maximum absolute atomic E-state index is 12.2. The van der Waals surface area contributed by atoms with Gasteiger partial charge in [0.05, 0.1) is 12.5 Å². The molecule has 0 radical (unpaired) electrons. The Hall–Kier alpha value is -1.36. The van der Waals surface area contributed by atoms with Crippen molar-refractivity contribution in [3.8, 4) is 0 Å². The van der Waals surface area contributed by atoms with Crippen molar-refractivity contribution in [2.45, 2.75) is 91.6 Å². The molecule has 1 amide bonds. The number of carboxylic acids is 1. The van der Waals surface area contributed by atoms with Gasteiger partial charge in [0, 0.05) is 13.0 Å². The zero-order chi connectivity index (χ0) is 21.4. The van der Waals surface area contributed by atoms with Gasteiger partial charge in [0.1, 0.15) is 0 Å². The molecule has 3 rings (SSSR count). The molecule has 29 heavy (non-hydrogen) atoms. The third-order valence-corrected chi connectivity index (χ3v) is 8.72. The zero-order valence-electron chi connectivity index (χ0n) is 18.6. The number of hydrogen-bond acceptors (Lipinski definition) is 3. The second-order valence-corrected chi connectivity index (χ2v) is 10.6. The molecule has 3 aliphatic rings. The Bertz CT molecular complexity index is 682. The predicted molar refractivity (Wildman–Crippen MR) is 113 cm³/mol. The van der Waals surface area contributed by atoms with Crippen LogP contribution in [0.25, 0.3) is 0 Å². The van der Waals surface area contributed by atoms with E-state index in [1.54, 1.807) is 0 Å². The van der Waals surface area contributed by atoms with Crippen LogP contribution in [0.15, 0.2) is 11.1 Å². The van der Waals surface area contributed by atoms with Gasteiger partial charge in [-0.3, -0.25) is 9.59 Å². The van der Waals surface area contributed by atoms with Gasteiger partial charge < -0.3 is 15.5 Å². The molecule has 0 aromatic heterocycles. The van der Waals surface area contributed by atoms with Gasteiger partial charge in [-0.2, -0.15) is 0 Å². The Morgan fingerprint density at radius 3 is 2.52 bits per heavy atom. The molecule has 5 atom stereocenters. The Morgan fingerprint density at radius 2 is 1.83 bits per heavy atom. The molecule has 3 aliphatic carbocycles. The van der Waals surface area contributed by atoms with Crippen molar-refractivity contribution in [3.05, 3.63) is 11.1 Å². The van der Waals surface area contributed by atoms with Crippen LogP contribution in [-0.2, 0) is 9.59 Å². The van der Waals surface area contributed by atoms with Gasteiger partial charge in [0.2, 0.25) is 5.91 Å². The molecule has 3 unspecified atom stereocenters. The summed E-state index contributed by atoms with van der Waals surface area (Å²) in [5.74, 6) is 0.823. The molecule has 2 fully saturated rings. The first-order valence-electron chi connectivity index (χ1n) is 11.4. The maximum Gasteiger partial charge on any atom is 0.305 e. The summed E-state index contributed by atoms with van der Waals surface area (Å²) in [5, 5.41) is 22.1. The maximum atomic E-state index is 12.2. The molecule has 0 bridgehead atoms. The monoisotopic (exact) mass is 405 g/mol. The fourth-order valence-electron chi connectivity index (χ4n) is 7.07. The van der Waals surface area contributed by atoms with Gasteiger partial charge >= 0.3 is 5.97 Å². The summed E-state index contributed by atoms with van der Waals surface area (Å²) < 4.78 is 0. The van der Waals surface area contributed by atoms with E-state index in [0.717, 1.165) is 38.5 Å². The fourth-order valence-corrected chi connectivity index (χ4v) is 7.07. The van der Waals surface area contributed by atoms with Gasteiger partial charge in [0.25, 0.3) is 0 Å². The Balaban J connectivity index is 1.69. The van der Waals surface area contributed by atoms with Crippen LogP contribution >= 0.6 is 0 Å². The average Bonchev–Trinajstić information content (AvgIpc) is 2.64. The summed E-state index contributed by atoms with van der Waals surface area (Å²) >= 11 is 0. The highest BCUT2D eigenvalue weighted by Gasteiger charge is 2.58. The molecule has 2 saturated carbocycles. The van der Waals surface area contributed by atoms with E-state index >= 15 is 0 Å². The highest BCUT2D eigenvalue weighted by molar-refractivity contribution is 5.77. The lowest BCUT2D eigenvalue weighted by Crippen LogP contribution is -2.56. The van der Waals surface area contributed by atoms with E-state index in [1.165, 1.54) is 17.6 Å². The van der Waals surface area contributed by atoms with E-state index in [9.17, 15) is 14.7 Å². The van der Waals surface area contributed by atoms with E-state index in [2.05, 4.69) is 33.0 Å². The highest BCUT2D eigenvalue weighted by atomic mass is 16.4. The normalized spacial score (nSPS) is 36.2. The number of aliphatic hydroxyl groups excluding tert-OH is 1. The summed E-state index contributed by atoms with van der Waals surface area (Å²) in [6.07, 6.45) is 7.66. The standard InChI is InChI=1S/C24H39NO4/c1-15-5-8-18-17(16(15)7-10-21(27)25-14-12-22(28)29)6-9-19-23(2,3)20(26)11-13-24(18,19)4/h17-20,26H,5-14H2,1-4H3,(H,25,27)(H,28,29)/t17?,18-,19?,20?,24+/m0/s1. The molecule has 3 N–H and O–H groups in total. The number of aliphatic carboxylic acids is 1. The van der Waals surface area contributed by atoms with Crippen LogP contribution in [0, 0.1) is 28.6 Å². The number of nitrogens with one attached hydrogen (secondary N) is 1. The fraction of sp³-hybridized carbons (Fsp3) is 0.833. The Kier molecular flexibility index (Phi) is 6.47. The third kappa shape index (κ3) is 4.26. The van der Waals surface area contributed by atoms with Crippen LogP contribution < -0.4 is 5.32 Å². The third-order valence-electron chi connectivity index (χ3n) is 8.72. The lowest BCUT2D eigenvalue weighted by atomic mass is 9.43. The van der Waals surface area contributed by atoms with E-state index in [4.69, 9.17) is 5.11 Å². The summed E-state index contributed by atoms with van der Waals surface area (Å²) in [4.78, 5) is 22.8. The summed E-state index contributed by atoms with van der Waals surface area (Å²) in [6, 6.07) is 0. The number of fused-ring (bicyclic) bond motifs is 3. The molecule has 0 heterocycles. The number of rotatable bonds is 6. The topological polar surface area (TPSA) is 86.6 Å². The van der Waals surface area contributed by atoms with Crippen molar-refractivity contribution in [2.24, 2.45) is 28.6 Å². The van der Waals surface area contributed by atoms with Crippen molar-refractivity contribution in [1.82, 2.24) is 5.32 Å². The van der Waals surface area contributed by atoms with Crippen LogP contribution in [-0.4, -0.2) is 34.7 Å². The second kappa shape index (κ2) is 8.41. The quantitative estimate of drug-likeness (QED) is 0.575. The molecule has 164 valence electrons. The summed E-state index contributed by atoms with van der Waals surface area (Å²) in [5.41, 5.74) is 3.18. The zero-order valence-corrected chi connectivity index (χ0v) is 18.6. The number of aliphatic hydroxyl groups is 1. The van der Waals surface area contributed by atoms with E-state index in [0.29, 0.717) is 24.2 Å². The minimum atomic E-state index is -0.885. The smallest absolute Gasteiger partial charge is 0.305 e. The number of amides is 1. The first-order valence-corrected chi connectivity index (χ1v) is 11.4. The van der Waals surface area contributed by atoms with E-state index < -0.39 is 5.97 Å². The van der Waals surface area contributed by atoms with E-state index in [1.807, 2.05) is 0 Å². The lowest BCUT2D eigenvalue weighted by Gasteiger charge is -2.62. The first kappa shape index (κ1) is 22.3. The Morgan fingerprint density at radius 1 is 1.10 bits per heavy atom. The minimum absolute atomic E-state index is 0.0282. The number of carbonyl (C=O) groups excluding carboxylic acids is 1. The summed E-state index contributed by atoms with van der Waals surface area (Å²) in [7, 11) is 0. The van der Waals surface area contributed by atoms with Gasteiger partial charge in [-0.15, -0.1) is 0 Å². The van der Waals surface area contributed by atoms with Gasteiger partial charge in [-0.25, -0.2) is 0 Å². The van der Waals surface area contributed by atoms with Crippen molar-refractivity contribution in [2.75, 3.05) is 6.54 Å². The molecule has 0 aromatic carbocycles. The number of carboxylic acid groups (broad SMARTS) is 1. The van der Waals surface area contributed by atoms with E-state index in [-0.39, 0.29) is 35.8 Å². The largest absolute Gasteiger partial charge is 0.481 e. The minimum Gasteiger partial charge on any atom is -0.481 e. The highest BCUT2D eigenvalue weighted by Crippen LogP contribution is 2.64. The molecule has 0 aromatic rings. The van der Waals surface area contributed by atoms with Crippen LogP contribution in [0.2, 0.25) is 0 Å². The summed E-state index contributed by atoms with van der Waals surface area (Å²) in [6.45, 7) is 9.42. The van der Waals surface area contributed by atoms with Gasteiger partial charge in [0.15, 0.2) is 0 Å². The lowest BCUT2D eigenvalue weighted by molar-refractivity contribution is -0.149. The molecule has 5 nitrogen and oxygen atoms in total. The molecular weight excluding hydrogens is 366 g/mol. The number of hydrogen-bond donors (Lipinski definition) is 3. The van der Waals surface area contributed by atoms with Crippen LogP contribution in [0.3, 0.4) is 0 Å². The van der Waals surface area contributed by atoms with Crippen LogP contribution in [0.5, 0.6) is 0 Å². The van der Waals surface area contributed by atoms with Crippen molar-refractivity contribution >= 4 is 11.9 Å². The van der Waals surface area contributed by atoms with Crippen LogP contribution in [0.1, 0.15) is 85.5 Å². The number of allylic oxidation sites excluding steroid dienone is 2. The molecular formula is C24H39NO4. The second-order valence-electron chi connectivity index (χ2n) is 10.6. The molecule has 0 aliphatic heterocycles. The molecule has 5 heteroatoms. The Labute approximate surface area is 175 Å². The SMILES string of the molecule is CC1=C(CCC(=O)NCCC(=O)O)C2CCC3C(C)(C)C(O)CC[C@]3(C)[C@H]2CC1. The average molecular weight is 406 g/mol. The molecule has 0 spiro atoms. The van der Waals surface area contributed by atoms with Crippen molar-refractivity contribution in [1.29, 1.82) is 0 Å². The van der Waals surface area contributed by atoms with Crippen molar-refractivity contribution in [3.63, 3.8) is 0 Å². The van der Waals surface area contributed by atoms with Crippen molar-refractivity contribution < 1.29 is 19.8 Å².